The van der Waals surface area contributed by atoms with Gasteiger partial charge in [-0.15, -0.1) is 0 Å². The van der Waals surface area contributed by atoms with Crippen LogP contribution in [0.3, 0.4) is 0 Å². The molecule has 1 rings (SSSR count). The van der Waals surface area contributed by atoms with E-state index in [-0.39, 0.29) is 11.7 Å². The van der Waals surface area contributed by atoms with Crippen molar-refractivity contribution < 1.29 is 18.1 Å². The lowest BCUT2D eigenvalue weighted by molar-refractivity contribution is 0.0470. The van der Waals surface area contributed by atoms with Gasteiger partial charge in [-0.25, -0.2) is 4.79 Å². The highest BCUT2D eigenvalue weighted by atomic mass is 28.4. The van der Waals surface area contributed by atoms with Gasteiger partial charge < -0.3 is 23.5 Å². The Bertz CT molecular complexity index is 261. The average molecular weight is 276 g/mol. The van der Waals surface area contributed by atoms with Gasteiger partial charge in [0, 0.05) is 32.9 Å². The van der Waals surface area contributed by atoms with Crippen LogP contribution in [0, 0.1) is 0 Å². The number of hydrogen-bond acceptors (Lipinski definition) is 4. The second-order valence-corrected chi connectivity index (χ2v) is 6.91. The fourth-order valence-electron chi connectivity index (χ4n) is 2.14. The second-order valence-electron chi connectivity index (χ2n) is 4.00. The Morgan fingerprint density at radius 2 is 1.72 bits per heavy atom. The first-order valence-electron chi connectivity index (χ1n) is 6.57. The maximum Gasteiger partial charge on any atom is 0.524 e. The predicted molar refractivity (Wildman–Crippen MR) is 70.2 cm³/mol. The minimum Gasteiger partial charge on any atom is -0.373 e. The number of carbonyl (C=O) groups is 1. The zero-order valence-electron chi connectivity index (χ0n) is 11.7. The normalized spacial score (nSPS) is 18.0. The molecule has 1 saturated heterocycles. The van der Waals surface area contributed by atoms with Crippen LogP contribution in [0.4, 0.5) is 4.79 Å². The van der Waals surface area contributed by atoms with Crippen molar-refractivity contribution in [3.63, 3.8) is 0 Å². The van der Waals surface area contributed by atoms with Crippen LogP contribution in [0.1, 0.15) is 27.7 Å². The minimum atomic E-state index is -2.84. The van der Waals surface area contributed by atoms with Crippen LogP contribution in [-0.2, 0) is 13.3 Å². The van der Waals surface area contributed by atoms with Crippen molar-refractivity contribution in [1.29, 1.82) is 0 Å². The summed E-state index contributed by atoms with van der Waals surface area (Å²) in [5, 5.41) is 2.79. The SMILES string of the molecule is CCO[Si](OCC)(OCC)C(C)N1CCNC1=O. The summed E-state index contributed by atoms with van der Waals surface area (Å²) in [5.41, 5.74) is -0.167. The molecule has 0 aliphatic carbocycles. The summed E-state index contributed by atoms with van der Waals surface area (Å²) < 4.78 is 17.4. The Kier molecular flexibility index (Phi) is 6.07. The maximum absolute atomic E-state index is 11.7. The van der Waals surface area contributed by atoms with Gasteiger partial charge in [0.25, 0.3) is 0 Å². The molecule has 0 aromatic carbocycles. The first kappa shape index (κ1) is 15.4. The van der Waals surface area contributed by atoms with E-state index in [1.54, 1.807) is 4.90 Å². The molecule has 0 spiro atoms. The summed E-state index contributed by atoms with van der Waals surface area (Å²) in [7, 11) is -2.84. The largest absolute Gasteiger partial charge is 0.524 e. The molecule has 1 heterocycles. The smallest absolute Gasteiger partial charge is 0.373 e. The van der Waals surface area contributed by atoms with E-state index in [0.29, 0.717) is 32.9 Å². The van der Waals surface area contributed by atoms with Crippen molar-refractivity contribution in [2.24, 2.45) is 0 Å². The molecule has 106 valence electrons. The summed E-state index contributed by atoms with van der Waals surface area (Å²) in [5.74, 6) is 0. The van der Waals surface area contributed by atoms with Crippen molar-refractivity contribution in [2.45, 2.75) is 33.4 Å². The van der Waals surface area contributed by atoms with E-state index < -0.39 is 8.80 Å². The highest BCUT2D eigenvalue weighted by Crippen LogP contribution is 2.21. The van der Waals surface area contributed by atoms with Crippen molar-refractivity contribution in [3.05, 3.63) is 0 Å². The van der Waals surface area contributed by atoms with Crippen molar-refractivity contribution in [2.75, 3.05) is 32.9 Å². The van der Waals surface area contributed by atoms with Crippen LogP contribution in [0.2, 0.25) is 0 Å². The zero-order chi connectivity index (χ0) is 13.6. The lowest BCUT2D eigenvalue weighted by Crippen LogP contribution is -2.62. The van der Waals surface area contributed by atoms with Crippen LogP contribution in [-0.4, -0.2) is 58.3 Å². The van der Waals surface area contributed by atoms with Crippen molar-refractivity contribution in [3.8, 4) is 0 Å². The van der Waals surface area contributed by atoms with E-state index in [0.717, 1.165) is 0 Å². The molecule has 0 radical (unpaired) electrons. The summed E-state index contributed by atoms with van der Waals surface area (Å²) in [4.78, 5) is 13.5. The van der Waals surface area contributed by atoms with Crippen LogP contribution in [0.25, 0.3) is 0 Å². The van der Waals surface area contributed by atoms with E-state index in [1.165, 1.54) is 0 Å². The lowest BCUT2D eigenvalue weighted by Gasteiger charge is -2.37. The third-order valence-corrected chi connectivity index (χ3v) is 6.31. The van der Waals surface area contributed by atoms with E-state index in [2.05, 4.69) is 5.32 Å². The Hall–Kier alpha value is -0.633. The van der Waals surface area contributed by atoms with Crippen molar-refractivity contribution in [1.82, 2.24) is 10.2 Å². The Labute approximate surface area is 110 Å². The zero-order valence-corrected chi connectivity index (χ0v) is 12.7. The average Bonchev–Trinajstić information content (AvgIpc) is 2.75. The van der Waals surface area contributed by atoms with Crippen LogP contribution in [0.5, 0.6) is 0 Å². The molecule has 1 atom stereocenters. The highest BCUT2D eigenvalue weighted by molar-refractivity contribution is 6.62. The van der Waals surface area contributed by atoms with Gasteiger partial charge in [-0.1, -0.05) is 0 Å². The topological polar surface area (TPSA) is 60.0 Å². The molecule has 7 heteroatoms. The molecule has 1 fully saturated rings. The van der Waals surface area contributed by atoms with Gasteiger partial charge in [0.05, 0.1) is 0 Å². The van der Waals surface area contributed by atoms with E-state index in [1.807, 2.05) is 27.7 Å². The minimum absolute atomic E-state index is 0.0708. The molecular formula is C11H24N2O4Si. The van der Waals surface area contributed by atoms with Gasteiger partial charge in [-0.05, 0) is 27.7 Å². The van der Waals surface area contributed by atoms with E-state index >= 15 is 0 Å². The second kappa shape index (κ2) is 7.08. The molecule has 0 aromatic heterocycles. The fourth-order valence-corrected chi connectivity index (χ4v) is 4.95. The van der Waals surface area contributed by atoms with Gasteiger partial charge in [-0.3, -0.25) is 0 Å². The molecule has 0 saturated carbocycles. The van der Waals surface area contributed by atoms with Crippen LogP contribution >= 0.6 is 0 Å². The maximum atomic E-state index is 11.7. The molecule has 1 aliphatic rings. The van der Waals surface area contributed by atoms with E-state index in [4.69, 9.17) is 13.3 Å². The highest BCUT2D eigenvalue weighted by Gasteiger charge is 2.51. The third-order valence-electron chi connectivity index (χ3n) is 2.91. The molecule has 1 aliphatic heterocycles. The van der Waals surface area contributed by atoms with Crippen LogP contribution in [0.15, 0.2) is 0 Å². The predicted octanol–water partition coefficient (Wildman–Crippen LogP) is 0.988. The quantitative estimate of drug-likeness (QED) is 0.672. The van der Waals surface area contributed by atoms with Gasteiger partial charge in [-0.2, -0.15) is 0 Å². The standard InChI is InChI=1S/C11H24N2O4Si/c1-5-15-18(16-6-2,17-7-3)10(4)13-9-8-12-11(13)14/h10H,5-9H2,1-4H3,(H,12,14). The monoisotopic (exact) mass is 276 g/mol. The fraction of sp³-hybridized carbons (Fsp3) is 0.909. The number of hydrogen-bond donors (Lipinski definition) is 1. The third kappa shape index (κ3) is 3.22. The number of nitrogens with one attached hydrogen (secondary N) is 1. The first-order valence-corrected chi connectivity index (χ1v) is 8.37. The number of nitrogens with zero attached hydrogens (tertiary/aromatic N) is 1. The van der Waals surface area contributed by atoms with Gasteiger partial charge in [0.1, 0.15) is 5.67 Å². The molecule has 6 nitrogen and oxygen atoms in total. The number of urea groups is 1. The van der Waals surface area contributed by atoms with Crippen LogP contribution < -0.4 is 5.32 Å². The summed E-state index contributed by atoms with van der Waals surface area (Å²) in [6.07, 6.45) is 0. The lowest BCUT2D eigenvalue weighted by atomic mass is 10.6. The first-order chi connectivity index (χ1) is 8.61. The summed E-state index contributed by atoms with van der Waals surface area (Å²) in [6.45, 7) is 10.6. The molecule has 1 unspecified atom stereocenters. The Morgan fingerprint density at radius 1 is 1.22 bits per heavy atom. The summed E-state index contributed by atoms with van der Waals surface area (Å²) in [6, 6.07) is -0.0708. The number of amides is 2. The number of rotatable bonds is 8. The number of carbonyl (C=O) groups excluding carboxylic acids is 1. The Morgan fingerprint density at radius 3 is 2.06 bits per heavy atom. The van der Waals surface area contributed by atoms with Gasteiger partial charge >= 0.3 is 14.8 Å². The molecule has 18 heavy (non-hydrogen) atoms. The van der Waals surface area contributed by atoms with Crippen molar-refractivity contribution >= 4 is 14.8 Å². The molecule has 2 amide bonds. The van der Waals surface area contributed by atoms with Gasteiger partial charge in [0.15, 0.2) is 0 Å². The van der Waals surface area contributed by atoms with E-state index in [9.17, 15) is 4.79 Å². The molecule has 0 bridgehead atoms. The Balaban J connectivity index is 2.87. The summed E-state index contributed by atoms with van der Waals surface area (Å²) >= 11 is 0. The van der Waals surface area contributed by atoms with Gasteiger partial charge in [0.2, 0.25) is 0 Å². The molecule has 1 N–H and O–H groups in total. The molecular weight excluding hydrogens is 252 g/mol. The molecule has 0 aromatic rings.